The number of hydrogen-bond donors (Lipinski definition) is 2. The van der Waals surface area contributed by atoms with E-state index in [1.54, 1.807) is 0 Å². The van der Waals surface area contributed by atoms with Gasteiger partial charge in [-0.3, -0.25) is 9.80 Å². The summed E-state index contributed by atoms with van der Waals surface area (Å²) in [4.78, 5) is 6.88. The molecular formula is C17H30N4O. The molecule has 5 nitrogen and oxygen atoms in total. The van der Waals surface area contributed by atoms with Crippen LogP contribution >= 0.6 is 0 Å². The van der Waals surface area contributed by atoms with Crippen LogP contribution in [0.4, 0.5) is 5.69 Å². The first-order valence-electron chi connectivity index (χ1n) is 8.13. The number of nitrogens with zero attached hydrogens (tertiary/aromatic N) is 3. The van der Waals surface area contributed by atoms with Gasteiger partial charge in [-0.15, -0.1) is 0 Å². The van der Waals surface area contributed by atoms with E-state index < -0.39 is 0 Å². The Labute approximate surface area is 134 Å². The highest BCUT2D eigenvalue weighted by molar-refractivity contribution is 5.46. The molecule has 124 valence electrons. The van der Waals surface area contributed by atoms with E-state index in [2.05, 4.69) is 65.4 Å². The summed E-state index contributed by atoms with van der Waals surface area (Å²) in [7, 11) is 6.22. The minimum atomic E-state index is 0.199. The molecule has 0 aromatic heterocycles. The van der Waals surface area contributed by atoms with Crippen LogP contribution in [-0.2, 0) is 0 Å². The molecule has 1 aromatic rings. The summed E-state index contributed by atoms with van der Waals surface area (Å²) in [6.07, 6.45) is 0. The topological polar surface area (TPSA) is 42.0 Å². The summed E-state index contributed by atoms with van der Waals surface area (Å²) in [6, 6.07) is 9.10. The summed E-state index contributed by atoms with van der Waals surface area (Å²) < 4.78 is 0. The summed E-state index contributed by atoms with van der Waals surface area (Å²) in [5, 5.41) is 12.7. The number of aliphatic hydroxyl groups is 1. The van der Waals surface area contributed by atoms with Crippen LogP contribution in [0.15, 0.2) is 24.3 Å². The molecule has 2 N–H and O–H groups in total. The first-order chi connectivity index (χ1) is 10.6. The third kappa shape index (κ3) is 4.68. The van der Waals surface area contributed by atoms with Crippen LogP contribution in [-0.4, -0.2) is 81.9 Å². The van der Waals surface area contributed by atoms with Crippen molar-refractivity contribution in [1.82, 2.24) is 15.1 Å². The van der Waals surface area contributed by atoms with Crippen molar-refractivity contribution in [2.75, 3.05) is 71.9 Å². The summed E-state index contributed by atoms with van der Waals surface area (Å²) in [6.45, 7) is 6.24. The first-order valence-corrected chi connectivity index (χ1v) is 8.13. The Hall–Kier alpha value is -1.14. The highest BCUT2D eigenvalue weighted by Crippen LogP contribution is 2.23. The van der Waals surface area contributed by atoms with Crippen molar-refractivity contribution >= 4 is 5.69 Å². The van der Waals surface area contributed by atoms with Gasteiger partial charge in [-0.05, 0) is 24.7 Å². The molecule has 0 bridgehead atoms. The van der Waals surface area contributed by atoms with Gasteiger partial charge in [0.15, 0.2) is 0 Å². The second-order valence-corrected chi connectivity index (χ2v) is 6.26. The molecule has 2 rings (SSSR count). The normalized spacial score (nSPS) is 17.7. The predicted molar refractivity (Wildman–Crippen MR) is 92.5 cm³/mol. The maximum atomic E-state index is 9.28. The number of piperazine rings is 1. The zero-order valence-corrected chi connectivity index (χ0v) is 14.1. The fraction of sp³-hybridized carbons (Fsp3) is 0.647. The molecule has 0 aliphatic carbocycles. The number of benzene rings is 1. The van der Waals surface area contributed by atoms with Crippen molar-refractivity contribution in [3.8, 4) is 0 Å². The third-order valence-electron chi connectivity index (χ3n) is 4.42. The maximum Gasteiger partial charge on any atom is 0.0558 e. The van der Waals surface area contributed by atoms with Crippen LogP contribution < -0.4 is 10.2 Å². The van der Waals surface area contributed by atoms with E-state index in [1.807, 2.05) is 0 Å². The lowest BCUT2D eigenvalue weighted by Gasteiger charge is -2.35. The van der Waals surface area contributed by atoms with E-state index >= 15 is 0 Å². The Morgan fingerprint density at radius 3 is 2.32 bits per heavy atom. The van der Waals surface area contributed by atoms with Crippen LogP contribution in [0.3, 0.4) is 0 Å². The van der Waals surface area contributed by atoms with Crippen LogP contribution in [0.5, 0.6) is 0 Å². The van der Waals surface area contributed by atoms with Crippen molar-refractivity contribution in [3.05, 3.63) is 29.8 Å². The van der Waals surface area contributed by atoms with Crippen molar-refractivity contribution < 1.29 is 5.11 Å². The van der Waals surface area contributed by atoms with Gasteiger partial charge in [-0.1, -0.05) is 12.1 Å². The SMILES string of the molecule is CN(C)c1ccc(C(CN2CCNCC2)N(C)CCO)cc1. The minimum absolute atomic E-state index is 0.199. The third-order valence-corrected chi connectivity index (χ3v) is 4.42. The molecule has 1 saturated heterocycles. The fourth-order valence-corrected chi connectivity index (χ4v) is 2.95. The summed E-state index contributed by atoms with van der Waals surface area (Å²) >= 11 is 0. The summed E-state index contributed by atoms with van der Waals surface area (Å²) in [5.74, 6) is 0. The van der Waals surface area contributed by atoms with Gasteiger partial charge in [0.25, 0.3) is 0 Å². The molecule has 0 spiro atoms. The molecule has 0 radical (unpaired) electrons. The van der Waals surface area contributed by atoms with Crippen LogP contribution in [0.2, 0.25) is 0 Å². The van der Waals surface area contributed by atoms with E-state index in [0.717, 1.165) is 32.7 Å². The molecular weight excluding hydrogens is 276 g/mol. The zero-order chi connectivity index (χ0) is 15.9. The number of anilines is 1. The average Bonchev–Trinajstić information content (AvgIpc) is 2.54. The monoisotopic (exact) mass is 306 g/mol. The van der Waals surface area contributed by atoms with Gasteiger partial charge in [-0.25, -0.2) is 0 Å². The van der Waals surface area contributed by atoms with Gasteiger partial charge < -0.3 is 15.3 Å². The molecule has 1 atom stereocenters. The number of rotatable bonds is 7. The van der Waals surface area contributed by atoms with Gasteiger partial charge in [0, 0.05) is 65.1 Å². The number of nitrogens with one attached hydrogen (secondary N) is 1. The zero-order valence-electron chi connectivity index (χ0n) is 14.1. The second kappa shape index (κ2) is 8.48. The lowest BCUT2D eigenvalue weighted by molar-refractivity contribution is 0.130. The molecule has 1 fully saturated rings. The van der Waals surface area contributed by atoms with E-state index in [0.29, 0.717) is 12.6 Å². The largest absolute Gasteiger partial charge is 0.395 e. The molecule has 1 unspecified atom stereocenters. The molecule has 1 heterocycles. The van der Waals surface area contributed by atoms with E-state index in [-0.39, 0.29) is 6.61 Å². The molecule has 0 saturated carbocycles. The van der Waals surface area contributed by atoms with Crippen LogP contribution in [0.25, 0.3) is 0 Å². The van der Waals surface area contributed by atoms with Gasteiger partial charge in [0.2, 0.25) is 0 Å². The highest BCUT2D eigenvalue weighted by Gasteiger charge is 2.21. The van der Waals surface area contributed by atoms with Gasteiger partial charge in [0.1, 0.15) is 0 Å². The van der Waals surface area contributed by atoms with E-state index in [1.165, 1.54) is 11.3 Å². The Bertz CT molecular complexity index is 429. The Balaban J connectivity index is 2.11. The highest BCUT2D eigenvalue weighted by atomic mass is 16.3. The van der Waals surface area contributed by atoms with Crippen LogP contribution in [0, 0.1) is 0 Å². The molecule has 1 aliphatic heterocycles. The van der Waals surface area contributed by atoms with Crippen molar-refractivity contribution in [1.29, 1.82) is 0 Å². The molecule has 1 aliphatic rings. The lowest BCUT2D eigenvalue weighted by atomic mass is 10.0. The van der Waals surface area contributed by atoms with Crippen LogP contribution in [0.1, 0.15) is 11.6 Å². The van der Waals surface area contributed by atoms with Gasteiger partial charge >= 0.3 is 0 Å². The quantitative estimate of drug-likeness (QED) is 0.773. The predicted octanol–water partition coefficient (Wildman–Crippen LogP) is 0.623. The Morgan fingerprint density at radius 1 is 1.14 bits per heavy atom. The lowest BCUT2D eigenvalue weighted by Crippen LogP contribution is -2.47. The maximum absolute atomic E-state index is 9.28. The Kier molecular flexibility index (Phi) is 6.64. The standard InChI is InChI=1S/C17H30N4O/c1-19(2)16-6-4-15(5-7-16)17(20(3)12-13-22)14-21-10-8-18-9-11-21/h4-7,17-18,22H,8-14H2,1-3H3. The molecule has 5 heteroatoms. The molecule has 1 aromatic carbocycles. The molecule has 0 amide bonds. The smallest absolute Gasteiger partial charge is 0.0558 e. The van der Waals surface area contributed by atoms with Crippen molar-refractivity contribution in [2.24, 2.45) is 0 Å². The number of likely N-dealkylation sites (N-methyl/N-ethyl adjacent to an activating group) is 1. The molecule has 22 heavy (non-hydrogen) atoms. The number of aliphatic hydroxyl groups excluding tert-OH is 1. The Morgan fingerprint density at radius 2 is 1.77 bits per heavy atom. The minimum Gasteiger partial charge on any atom is -0.395 e. The van der Waals surface area contributed by atoms with E-state index in [9.17, 15) is 5.11 Å². The summed E-state index contributed by atoms with van der Waals surface area (Å²) in [5.41, 5.74) is 2.54. The van der Waals surface area contributed by atoms with Gasteiger partial charge in [0.05, 0.1) is 6.61 Å². The fourth-order valence-electron chi connectivity index (χ4n) is 2.95. The number of hydrogen-bond acceptors (Lipinski definition) is 5. The first kappa shape index (κ1) is 17.2. The van der Waals surface area contributed by atoms with E-state index in [4.69, 9.17) is 0 Å². The second-order valence-electron chi connectivity index (χ2n) is 6.26. The average molecular weight is 306 g/mol. The van der Waals surface area contributed by atoms with Gasteiger partial charge in [-0.2, -0.15) is 0 Å². The van der Waals surface area contributed by atoms with Crippen molar-refractivity contribution in [3.63, 3.8) is 0 Å². The van der Waals surface area contributed by atoms with Crippen molar-refractivity contribution in [2.45, 2.75) is 6.04 Å².